The molecule has 23 heavy (non-hydrogen) atoms. The third kappa shape index (κ3) is 5.45. The SMILES string of the molecule is CC(C)CCNCc1ccc(Oc2ccc(C=O)nc2)c(F)c1. The standard InChI is InChI=1S/C18H21FN2O2/c1-13(2)7-8-20-10-14-3-6-18(17(19)9-14)23-16-5-4-15(12-22)21-11-16/h3-6,9,11-13,20H,7-8,10H2,1-2H3. The molecule has 0 spiro atoms. The second-order valence-corrected chi connectivity index (χ2v) is 5.76. The summed E-state index contributed by atoms with van der Waals surface area (Å²) in [5.74, 6) is 0.746. The summed E-state index contributed by atoms with van der Waals surface area (Å²) in [5, 5.41) is 3.29. The highest BCUT2D eigenvalue weighted by atomic mass is 19.1. The molecule has 1 heterocycles. The number of ether oxygens (including phenoxy) is 1. The Labute approximate surface area is 135 Å². The Morgan fingerprint density at radius 1 is 1.30 bits per heavy atom. The first-order valence-corrected chi connectivity index (χ1v) is 7.66. The lowest BCUT2D eigenvalue weighted by Crippen LogP contribution is -2.16. The molecule has 1 aromatic carbocycles. The van der Waals surface area contributed by atoms with Crippen LogP contribution in [-0.2, 0) is 6.54 Å². The molecule has 0 radical (unpaired) electrons. The number of benzene rings is 1. The number of pyridine rings is 1. The highest BCUT2D eigenvalue weighted by Crippen LogP contribution is 2.24. The Hall–Kier alpha value is -2.27. The maximum absolute atomic E-state index is 14.1. The van der Waals surface area contributed by atoms with Crippen molar-refractivity contribution in [3.63, 3.8) is 0 Å². The maximum atomic E-state index is 14.1. The number of nitrogens with zero attached hydrogens (tertiary/aromatic N) is 1. The van der Waals surface area contributed by atoms with Crippen molar-refractivity contribution in [3.8, 4) is 11.5 Å². The average Bonchev–Trinajstić information content (AvgIpc) is 2.54. The van der Waals surface area contributed by atoms with Gasteiger partial charge in [-0.1, -0.05) is 19.9 Å². The number of hydrogen-bond donors (Lipinski definition) is 1. The first-order valence-electron chi connectivity index (χ1n) is 7.66. The summed E-state index contributed by atoms with van der Waals surface area (Å²) in [6.07, 6.45) is 3.13. The van der Waals surface area contributed by atoms with E-state index in [4.69, 9.17) is 4.74 Å². The van der Waals surface area contributed by atoms with Crippen molar-refractivity contribution >= 4 is 6.29 Å². The van der Waals surface area contributed by atoms with Gasteiger partial charge in [0, 0.05) is 6.54 Å². The molecule has 4 nitrogen and oxygen atoms in total. The molecule has 5 heteroatoms. The Balaban J connectivity index is 1.94. The van der Waals surface area contributed by atoms with E-state index in [0.29, 0.717) is 30.2 Å². The number of rotatable bonds is 8. The van der Waals surface area contributed by atoms with Crippen molar-refractivity contribution in [2.75, 3.05) is 6.54 Å². The van der Waals surface area contributed by atoms with Crippen LogP contribution in [0.25, 0.3) is 0 Å². The van der Waals surface area contributed by atoms with Crippen LogP contribution in [0, 0.1) is 11.7 Å². The van der Waals surface area contributed by atoms with Crippen LogP contribution in [0.5, 0.6) is 11.5 Å². The molecule has 2 aromatic rings. The molecule has 0 atom stereocenters. The number of aldehydes is 1. The van der Waals surface area contributed by atoms with Gasteiger partial charge in [-0.25, -0.2) is 9.37 Å². The van der Waals surface area contributed by atoms with Crippen LogP contribution in [-0.4, -0.2) is 17.8 Å². The van der Waals surface area contributed by atoms with Crippen molar-refractivity contribution in [3.05, 3.63) is 53.6 Å². The molecule has 0 fully saturated rings. The molecule has 0 saturated heterocycles. The first-order chi connectivity index (χ1) is 11.1. The summed E-state index contributed by atoms with van der Waals surface area (Å²) < 4.78 is 19.5. The third-order valence-electron chi connectivity index (χ3n) is 3.33. The van der Waals surface area contributed by atoms with Gasteiger partial charge in [0.15, 0.2) is 17.9 Å². The van der Waals surface area contributed by atoms with E-state index in [1.807, 2.05) is 6.07 Å². The molecular formula is C18H21FN2O2. The minimum absolute atomic E-state index is 0.136. The van der Waals surface area contributed by atoms with E-state index >= 15 is 0 Å². The molecule has 2 rings (SSSR count). The lowest BCUT2D eigenvalue weighted by Gasteiger charge is -2.10. The molecule has 0 amide bonds. The van der Waals surface area contributed by atoms with E-state index in [0.717, 1.165) is 18.5 Å². The molecule has 0 saturated carbocycles. The van der Waals surface area contributed by atoms with Crippen LogP contribution < -0.4 is 10.1 Å². The summed E-state index contributed by atoms with van der Waals surface area (Å²) in [5.41, 5.74) is 1.17. The second-order valence-electron chi connectivity index (χ2n) is 5.76. The Morgan fingerprint density at radius 3 is 2.74 bits per heavy atom. The molecule has 1 aromatic heterocycles. The van der Waals surface area contributed by atoms with Crippen molar-refractivity contribution < 1.29 is 13.9 Å². The summed E-state index contributed by atoms with van der Waals surface area (Å²) in [6, 6.07) is 7.99. The quantitative estimate of drug-likeness (QED) is 0.591. The molecule has 0 aliphatic rings. The Bertz CT molecular complexity index is 642. The van der Waals surface area contributed by atoms with Crippen molar-refractivity contribution in [1.82, 2.24) is 10.3 Å². The van der Waals surface area contributed by atoms with E-state index in [9.17, 15) is 9.18 Å². The molecule has 0 aliphatic carbocycles. The number of nitrogens with one attached hydrogen (secondary N) is 1. The topological polar surface area (TPSA) is 51.2 Å². The predicted octanol–water partition coefficient (Wildman–Crippen LogP) is 3.96. The van der Waals surface area contributed by atoms with Gasteiger partial charge in [0.1, 0.15) is 11.4 Å². The predicted molar refractivity (Wildman–Crippen MR) is 87.3 cm³/mol. The number of hydrogen-bond acceptors (Lipinski definition) is 4. The van der Waals surface area contributed by atoms with Crippen LogP contribution in [0.4, 0.5) is 4.39 Å². The van der Waals surface area contributed by atoms with Crippen molar-refractivity contribution in [2.24, 2.45) is 5.92 Å². The Morgan fingerprint density at radius 2 is 2.13 bits per heavy atom. The highest BCUT2D eigenvalue weighted by molar-refractivity contribution is 5.71. The fraction of sp³-hybridized carbons (Fsp3) is 0.333. The zero-order valence-corrected chi connectivity index (χ0v) is 13.4. The van der Waals surface area contributed by atoms with E-state index < -0.39 is 5.82 Å². The normalized spacial score (nSPS) is 10.8. The zero-order valence-electron chi connectivity index (χ0n) is 13.4. The van der Waals surface area contributed by atoms with E-state index in [2.05, 4.69) is 24.1 Å². The Kier molecular flexibility index (Phi) is 6.23. The number of carbonyl (C=O) groups is 1. The van der Waals surface area contributed by atoms with Gasteiger partial charge < -0.3 is 10.1 Å². The summed E-state index contributed by atoms with van der Waals surface area (Å²) in [4.78, 5) is 14.4. The van der Waals surface area contributed by atoms with Gasteiger partial charge in [-0.05, 0) is 48.7 Å². The molecule has 1 N–H and O–H groups in total. The molecule has 0 unspecified atom stereocenters. The van der Waals surface area contributed by atoms with Crippen LogP contribution in [0.3, 0.4) is 0 Å². The van der Waals surface area contributed by atoms with Gasteiger partial charge in [-0.2, -0.15) is 0 Å². The number of carbonyl (C=O) groups excluding carboxylic acids is 1. The largest absolute Gasteiger partial charge is 0.453 e. The monoisotopic (exact) mass is 316 g/mol. The average molecular weight is 316 g/mol. The van der Waals surface area contributed by atoms with E-state index in [1.54, 1.807) is 12.1 Å². The van der Waals surface area contributed by atoms with Gasteiger partial charge in [0.25, 0.3) is 0 Å². The minimum atomic E-state index is -0.423. The number of halogens is 1. The van der Waals surface area contributed by atoms with E-state index in [1.165, 1.54) is 18.3 Å². The fourth-order valence-corrected chi connectivity index (χ4v) is 2.01. The summed E-state index contributed by atoms with van der Waals surface area (Å²) >= 11 is 0. The second kappa shape index (κ2) is 8.39. The van der Waals surface area contributed by atoms with Crippen molar-refractivity contribution in [1.29, 1.82) is 0 Å². The van der Waals surface area contributed by atoms with E-state index in [-0.39, 0.29) is 5.75 Å². The number of aromatic nitrogens is 1. The van der Waals surface area contributed by atoms with Gasteiger partial charge in [-0.15, -0.1) is 0 Å². The van der Waals surface area contributed by atoms with Gasteiger partial charge >= 0.3 is 0 Å². The summed E-state index contributed by atoms with van der Waals surface area (Å²) in [6.45, 7) is 5.87. The maximum Gasteiger partial charge on any atom is 0.168 e. The first kappa shape index (κ1) is 17.1. The van der Waals surface area contributed by atoms with Gasteiger partial charge in [0.2, 0.25) is 0 Å². The van der Waals surface area contributed by atoms with Crippen molar-refractivity contribution in [2.45, 2.75) is 26.8 Å². The minimum Gasteiger partial charge on any atom is -0.453 e. The lowest BCUT2D eigenvalue weighted by molar-refractivity contribution is 0.111. The lowest BCUT2D eigenvalue weighted by atomic mass is 10.1. The van der Waals surface area contributed by atoms with Crippen LogP contribution in [0.15, 0.2) is 36.5 Å². The molecule has 122 valence electrons. The van der Waals surface area contributed by atoms with Crippen LogP contribution in [0.2, 0.25) is 0 Å². The third-order valence-corrected chi connectivity index (χ3v) is 3.33. The summed E-state index contributed by atoms with van der Waals surface area (Å²) in [7, 11) is 0. The molecular weight excluding hydrogens is 295 g/mol. The molecule has 0 bridgehead atoms. The smallest absolute Gasteiger partial charge is 0.168 e. The molecule has 0 aliphatic heterocycles. The zero-order chi connectivity index (χ0) is 16.7. The fourth-order valence-electron chi connectivity index (χ4n) is 2.01. The van der Waals surface area contributed by atoms with Gasteiger partial charge in [0.05, 0.1) is 6.20 Å². The van der Waals surface area contributed by atoms with Crippen LogP contribution >= 0.6 is 0 Å². The highest BCUT2D eigenvalue weighted by Gasteiger charge is 2.07. The van der Waals surface area contributed by atoms with Gasteiger partial charge in [-0.3, -0.25) is 4.79 Å². The van der Waals surface area contributed by atoms with Crippen LogP contribution in [0.1, 0.15) is 36.3 Å².